The summed E-state index contributed by atoms with van der Waals surface area (Å²) in [5.74, 6) is 2.03. The average molecular weight is 360 g/mol. The molecule has 3 atom stereocenters. The van der Waals surface area contributed by atoms with Crippen LogP contribution >= 0.6 is 12.4 Å². The van der Waals surface area contributed by atoms with Gasteiger partial charge in [0, 0.05) is 17.9 Å². The zero-order valence-corrected chi connectivity index (χ0v) is 16.3. The Morgan fingerprint density at radius 2 is 1.80 bits per heavy atom. The van der Waals surface area contributed by atoms with Crippen molar-refractivity contribution in [1.82, 2.24) is 5.32 Å². The molecule has 0 aromatic heterocycles. The van der Waals surface area contributed by atoms with E-state index in [4.69, 9.17) is 4.74 Å². The molecule has 3 rings (SSSR count). The van der Waals surface area contributed by atoms with Crippen LogP contribution in [0.2, 0.25) is 0 Å². The highest BCUT2D eigenvalue weighted by molar-refractivity contribution is 5.85. The molecule has 136 valence electrons. The van der Waals surface area contributed by atoms with Crippen molar-refractivity contribution in [3.63, 3.8) is 0 Å². The van der Waals surface area contributed by atoms with E-state index in [2.05, 4.69) is 74.7 Å². The van der Waals surface area contributed by atoms with Crippen molar-refractivity contribution >= 4 is 12.4 Å². The first-order valence-corrected chi connectivity index (χ1v) is 9.14. The second-order valence-corrected chi connectivity index (χ2v) is 7.04. The Morgan fingerprint density at radius 3 is 2.48 bits per heavy atom. The zero-order valence-electron chi connectivity index (χ0n) is 15.5. The monoisotopic (exact) mass is 359 g/mol. The van der Waals surface area contributed by atoms with Crippen LogP contribution in [0, 0.1) is 12.8 Å². The quantitative estimate of drug-likeness (QED) is 0.752. The maximum absolute atomic E-state index is 6.05. The van der Waals surface area contributed by atoms with Crippen LogP contribution in [0.3, 0.4) is 0 Å². The molecule has 2 aromatic carbocycles. The largest absolute Gasteiger partial charge is 0.493 e. The van der Waals surface area contributed by atoms with E-state index in [-0.39, 0.29) is 12.4 Å². The fourth-order valence-corrected chi connectivity index (χ4v) is 3.92. The standard InChI is InChI=1S/C22H29NO.ClH/c1-16-7-4-5-9-21(16)17(2)18-11-13-20(14-12-18)24-15-19-8-6-10-22(19)23-3;/h4-5,7,9,11-14,17,19,22-23H,6,8,10,15H2,1-3H3;1H. The molecule has 25 heavy (non-hydrogen) atoms. The van der Waals surface area contributed by atoms with Gasteiger partial charge in [0.15, 0.2) is 0 Å². The summed E-state index contributed by atoms with van der Waals surface area (Å²) >= 11 is 0. The molecule has 0 aliphatic heterocycles. The summed E-state index contributed by atoms with van der Waals surface area (Å²) < 4.78 is 6.05. The lowest BCUT2D eigenvalue weighted by molar-refractivity contribution is 0.229. The normalized spacial score (nSPS) is 20.8. The first-order valence-electron chi connectivity index (χ1n) is 9.14. The van der Waals surface area contributed by atoms with E-state index < -0.39 is 0 Å². The van der Waals surface area contributed by atoms with Crippen LogP contribution in [-0.4, -0.2) is 19.7 Å². The molecule has 0 radical (unpaired) electrons. The lowest BCUT2D eigenvalue weighted by atomic mass is 9.90. The minimum atomic E-state index is 0. The topological polar surface area (TPSA) is 21.3 Å². The van der Waals surface area contributed by atoms with Gasteiger partial charge in [-0.2, -0.15) is 0 Å². The molecule has 1 aliphatic carbocycles. The molecule has 1 saturated carbocycles. The molecule has 0 saturated heterocycles. The predicted molar refractivity (Wildman–Crippen MR) is 108 cm³/mol. The summed E-state index contributed by atoms with van der Waals surface area (Å²) in [7, 11) is 2.06. The molecule has 2 aromatic rings. The van der Waals surface area contributed by atoms with Crippen LogP contribution in [0.25, 0.3) is 0 Å². The predicted octanol–water partition coefficient (Wildman–Crippen LogP) is 5.34. The van der Waals surface area contributed by atoms with Crippen molar-refractivity contribution < 1.29 is 4.74 Å². The number of aryl methyl sites for hydroxylation is 1. The molecule has 0 bridgehead atoms. The average Bonchev–Trinajstić information content (AvgIpc) is 3.08. The van der Waals surface area contributed by atoms with E-state index in [1.54, 1.807) is 0 Å². The van der Waals surface area contributed by atoms with Gasteiger partial charge in [0.1, 0.15) is 5.75 Å². The number of halogens is 1. The molecular formula is C22H30ClNO. The molecule has 0 spiro atoms. The lowest BCUT2D eigenvalue weighted by Crippen LogP contribution is -2.32. The molecule has 3 heteroatoms. The van der Waals surface area contributed by atoms with Gasteiger partial charge in [-0.25, -0.2) is 0 Å². The number of hydrogen-bond donors (Lipinski definition) is 1. The Balaban J connectivity index is 0.00000225. The summed E-state index contributed by atoms with van der Waals surface area (Å²) in [4.78, 5) is 0. The van der Waals surface area contributed by atoms with Gasteiger partial charge in [0.25, 0.3) is 0 Å². The highest BCUT2D eigenvalue weighted by Gasteiger charge is 2.26. The van der Waals surface area contributed by atoms with Gasteiger partial charge in [-0.15, -0.1) is 12.4 Å². The summed E-state index contributed by atoms with van der Waals surface area (Å²) in [5.41, 5.74) is 4.09. The SMILES string of the molecule is CNC1CCCC1COc1ccc(C(C)c2ccccc2C)cc1.Cl. The van der Waals surface area contributed by atoms with Gasteiger partial charge in [-0.1, -0.05) is 49.7 Å². The number of rotatable bonds is 6. The van der Waals surface area contributed by atoms with E-state index in [1.165, 1.54) is 36.0 Å². The fraction of sp³-hybridized carbons (Fsp3) is 0.455. The molecule has 2 nitrogen and oxygen atoms in total. The minimum Gasteiger partial charge on any atom is -0.493 e. The van der Waals surface area contributed by atoms with Gasteiger partial charge in [0.05, 0.1) is 6.61 Å². The van der Waals surface area contributed by atoms with E-state index in [0.29, 0.717) is 17.9 Å². The zero-order chi connectivity index (χ0) is 16.9. The maximum Gasteiger partial charge on any atom is 0.119 e. The third-order valence-corrected chi connectivity index (χ3v) is 5.53. The van der Waals surface area contributed by atoms with Crippen molar-refractivity contribution in [1.29, 1.82) is 0 Å². The third kappa shape index (κ3) is 4.77. The van der Waals surface area contributed by atoms with E-state index in [1.807, 2.05) is 0 Å². The number of benzene rings is 2. The van der Waals surface area contributed by atoms with Crippen molar-refractivity contribution in [2.45, 2.75) is 45.1 Å². The smallest absolute Gasteiger partial charge is 0.119 e. The Morgan fingerprint density at radius 1 is 1.08 bits per heavy atom. The summed E-state index contributed by atoms with van der Waals surface area (Å²) in [5, 5.41) is 3.42. The van der Waals surface area contributed by atoms with Gasteiger partial charge < -0.3 is 10.1 Å². The van der Waals surface area contributed by atoms with Crippen molar-refractivity contribution in [2.24, 2.45) is 5.92 Å². The Bertz CT molecular complexity index is 655. The molecule has 1 fully saturated rings. The molecule has 1 aliphatic rings. The maximum atomic E-state index is 6.05. The number of ether oxygens (including phenoxy) is 1. The summed E-state index contributed by atoms with van der Waals surface area (Å²) in [6.07, 6.45) is 3.86. The van der Waals surface area contributed by atoms with Crippen LogP contribution < -0.4 is 10.1 Å². The lowest BCUT2D eigenvalue weighted by Gasteiger charge is -2.20. The van der Waals surface area contributed by atoms with Crippen LogP contribution in [0.15, 0.2) is 48.5 Å². The number of nitrogens with one attached hydrogen (secondary N) is 1. The summed E-state index contributed by atoms with van der Waals surface area (Å²) in [6, 6.07) is 17.9. The van der Waals surface area contributed by atoms with Gasteiger partial charge in [-0.3, -0.25) is 0 Å². The molecular weight excluding hydrogens is 330 g/mol. The van der Waals surface area contributed by atoms with Crippen molar-refractivity contribution in [3.8, 4) is 5.75 Å². The minimum absolute atomic E-state index is 0. The summed E-state index contributed by atoms with van der Waals surface area (Å²) in [6.45, 7) is 5.27. The number of hydrogen-bond acceptors (Lipinski definition) is 2. The van der Waals surface area contributed by atoms with E-state index >= 15 is 0 Å². The van der Waals surface area contributed by atoms with Crippen LogP contribution in [0.1, 0.15) is 48.8 Å². The first kappa shape index (κ1) is 19.8. The molecule has 0 heterocycles. The van der Waals surface area contributed by atoms with E-state index in [9.17, 15) is 0 Å². The Kier molecular flexibility index (Phi) is 7.34. The first-order chi connectivity index (χ1) is 11.7. The Labute approximate surface area is 158 Å². The van der Waals surface area contributed by atoms with Crippen LogP contribution in [0.4, 0.5) is 0 Å². The highest BCUT2D eigenvalue weighted by Crippen LogP contribution is 2.29. The van der Waals surface area contributed by atoms with Gasteiger partial charge >= 0.3 is 0 Å². The highest BCUT2D eigenvalue weighted by atomic mass is 35.5. The van der Waals surface area contributed by atoms with Crippen LogP contribution in [-0.2, 0) is 0 Å². The molecule has 1 N–H and O–H groups in total. The Hall–Kier alpha value is -1.51. The fourth-order valence-electron chi connectivity index (χ4n) is 3.92. The van der Waals surface area contributed by atoms with Crippen molar-refractivity contribution in [2.75, 3.05) is 13.7 Å². The van der Waals surface area contributed by atoms with Gasteiger partial charge in [0.2, 0.25) is 0 Å². The second-order valence-electron chi connectivity index (χ2n) is 7.04. The molecule has 3 unspecified atom stereocenters. The van der Waals surface area contributed by atoms with E-state index in [0.717, 1.165) is 12.4 Å². The molecule has 0 amide bonds. The van der Waals surface area contributed by atoms with Crippen LogP contribution in [0.5, 0.6) is 5.75 Å². The van der Waals surface area contributed by atoms with Crippen molar-refractivity contribution in [3.05, 3.63) is 65.2 Å². The van der Waals surface area contributed by atoms with Gasteiger partial charge in [-0.05, 0) is 55.6 Å². The second kappa shape index (κ2) is 9.26. The third-order valence-electron chi connectivity index (χ3n) is 5.53.